The number of benzene rings is 1. The van der Waals surface area contributed by atoms with E-state index in [0.717, 1.165) is 16.9 Å². The van der Waals surface area contributed by atoms with E-state index in [4.69, 9.17) is 15.6 Å². The number of nitrogens with two attached hydrogens (primary N) is 1. The van der Waals surface area contributed by atoms with Gasteiger partial charge in [0.25, 0.3) is 0 Å². The van der Waals surface area contributed by atoms with E-state index in [9.17, 15) is 0 Å². The highest BCUT2D eigenvalue weighted by atomic mass is 16.5. The maximum Gasteiger partial charge on any atom is 0.124 e. The Hall–Kier alpha value is -1.06. The molecule has 0 aliphatic heterocycles. The second kappa shape index (κ2) is 3.98. The maximum atomic E-state index is 9.16. The van der Waals surface area contributed by atoms with Gasteiger partial charge in [-0.3, -0.25) is 0 Å². The second-order valence-corrected chi connectivity index (χ2v) is 3.78. The first kappa shape index (κ1) is 11.0. The van der Waals surface area contributed by atoms with E-state index in [2.05, 4.69) is 0 Å². The summed E-state index contributed by atoms with van der Waals surface area (Å²) in [6.07, 6.45) is 0. The van der Waals surface area contributed by atoms with Crippen LogP contribution in [0.4, 0.5) is 0 Å². The SMILES string of the molecule is COc1cc(C)ccc1C(C)(N)CO. The Labute approximate surface area is 84.5 Å². The minimum Gasteiger partial charge on any atom is -0.496 e. The Balaban J connectivity index is 3.20. The fraction of sp³-hybridized carbons (Fsp3) is 0.455. The van der Waals surface area contributed by atoms with Gasteiger partial charge in [0, 0.05) is 5.56 Å². The average Bonchev–Trinajstić information content (AvgIpc) is 2.17. The summed E-state index contributed by atoms with van der Waals surface area (Å²) >= 11 is 0. The van der Waals surface area contributed by atoms with Gasteiger partial charge in [0.15, 0.2) is 0 Å². The zero-order valence-electron chi connectivity index (χ0n) is 8.87. The molecule has 3 N–H and O–H groups in total. The fourth-order valence-corrected chi connectivity index (χ4v) is 1.36. The first-order valence-electron chi connectivity index (χ1n) is 4.56. The summed E-state index contributed by atoms with van der Waals surface area (Å²) in [6.45, 7) is 3.66. The van der Waals surface area contributed by atoms with Gasteiger partial charge in [-0.2, -0.15) is 0 Å². The summed E-state index contributed by atoms with van der Waals surface area (Å²) < 4.78 is 5.22. The minimum absolute atomic E-state index is 0.105. The predicted octanol–water partition coefficient (Wildman–Crippen LogP) is 1.17. The molecule has 0 radical (unpaired) electrons. The Morgan fingerprint density at radius 3 is 2.64 bits per heavy atom. The third-order valence-electron chi connectivity index (χ3n) is 2.30. The highest BCUT2D eigenvalue weighted by Crippen LogP contribution is 2.28. The van der Waals surface area contributed by atoms with Crippen molar-refractivity contribution in [1.29, 1.82) is 0 Å². The molecule has 0 amide bonds. The lowest BCUT2D eigenvalue weighted by Crippen LogP contribution is -2.37. The number of ether oxygens (including phenoxy) is 1. The molecule has 3 heteroatoms. The van der Waals surface area contributed by atoms with Gasteiger partial charge in [0.2, 0.25) is 0 Å². The van der Waals surface area contributed by atoms with Gasteiger partial charge >= 0.3 is 0 Å². The van der Waals surface area contributed by atoms with Crippen LogP contribution in [-0.4, -0.2) is 18.8 Å². The molecule has 0 fully saturated rings. The zero-order valence-corrected chi connectivity index (χ0v) is 8.87. The van der Waals surface area contributed by atoms with Crippen LogP contribution in [0.15, 0.2) is 18.2 Å². The molecule has 0 heterocycles. The summed E-state index contributed by atoms with van der Waals surface area (Å²) in [4.78, 5) is 0. The summed E-state index contributed by atoms with van der Waals surface area (Å²) in [6, 6.07) is 5.76. The molecular weight excluding hydrogens is 178 g/mol. The highest BCUT2D eigenvalue weighted by Gasteiger charge is 2.23. The van der Waals surface area contributed by atoms with Gasteiger partial charge in [0.1, 0.15) is 5.75 Å². The molecule has 1 unspecified atom stereocenters. The Kier molecular flexibility index (Phi) is 3.13. The third-order valence-corrected chi connectivity index (χ3v) is 2.30. The fourth-order valence-electron chi connectivity index (χ4n) is 1.36. The summed E-state index contributed by atoms with van der Waals surface area (Å²) in [5, 5.41) is 9.16. The largest absolute Gasteiger partial charge is 0.496 e. The Bertz CT molecular complexity index is 321. The van der Waals surface area contributed by atoms with Gasteiger partial charge in [-0.25, -0.2) is 0 Å². The number of rotatable bonds is 3. The molecule has 1 rings (SSSR count). The van der Waals surface area contributed by atoms with Crippen molar-refractivity contribution in [3.63, 3.8) is 0 Å². The first-order chi connectivity index (χ1) is 6.51. The maximum absolute atomic E-state index is 9.16. The van der Waals surface area contributed by atoms with Crippen molar-refractivity contribution in [2.45, 2.75) is 19.4 Å². The molecule has 1 atom stereocenters. The standard InChI is InChI=1S/C11H17NO2/c1-8-4-5-9(10(6-8)14-3)11(2,12)7-13/h4-6,13H,7,12H2,1-3H3. The van der Waals surface area contributed by atoms with E-state index >= 15 is 0 Å². The van der Waals surface area contributed by atoms with Crippen molar-refractivity contribution in [3.8, 4) is 5.75 Å². The topological polar surface area (TPSA) is 55.5 Å². The van der Waals surface area contributed by atoms with Gasteiger partial charge < -0.3 is 15.6 Å². The number of aliphatic hydroxyl groups is 1. The van der Waals surface area contributed by atoms with E-state index in [1.54, 1.807) is 14.0 Å². The number of aliphatic hydroxyl groups excluding tert-OH is 1. The number of methoxy groups -OCH3 is 1. The van der Waals surface area contributed by atoms with E-state index in [1.807, 2.05) is 25.1 Å². The zero-order chi connectivity index (χ0) is 10.8. The number of hydrogen-bond acceptors (Lipinski definition) is 3. The molecule has 0 saturated carbocycles. The van der Waals surface area contributed by atoms with Crippen LogP contribution in [0.5, 0.6) is 5.75 Å². The molecule has 1 aromatic rings. The van der Waals surface area contributed by atoms with Crippen LogP contribution in [-0.2, 0) is 5.54 Å². The molecule has 0 aromatic heterocycles. The molecule has 0 saturated heterocycles. The number of hydrogen-bond donors (Lipinski definition) is 2. The van der Waals surface area contributed by atoms with Gasteiger partial charge in [0.05, 0.1) is 19.3 Å². The van der Waals surface area contributed by atoms with E-state index < -0.39 is 5.54 Å². The van der Waals surface area contributed by atoms with Crippen molar-refractivity contribution < 1.29 is 9.84 Å². The summed E-state index contributed by atoms with van der Waals surface area (Å²) in [5.41, 5.74) is 7.12. The van der Waals surface area contributed by atoms with Crippen LogP contribution in [0.25, 0.3) is 0 Å². The quantitative estimate of drug-likeness (QED) is 0.761. The molecular formula is C11H17NO2. The molecule has 1 aromatic carbocycles. The van der Waals surface area contributed by atoms with Gasteiger partial charge in [-0.15, -0.1) is 0 Å². The Morgan fingerprint density at radius 1 is 1.50 bits per heavy atom. The second-order valence-electron chi connectivity index (χ2n) is 3.78. The monoisotopic (exact) mass is 195 g/mol. The van der Waals surface area contributed by atoms with Crippen molar-refractivity contribution in [3.05, 3.63) is 29.3 Å². The molecule has 14 heavy (non-hydrogen) atoms. The van der Waals surface area contributed by atoms with Crippen LogP contribution in [0.2, 0.25) is 0 Å². The highest BCUT2D eigenvalue weighted by molar-refractivity contribution is 5.41. The molecule has 0 aliphatic carbocycles. The smallest absolute Gasteiger partial charge is 0.124 e. The van der Waals surface area contributed by atoms with Crippen molar-refractivity contribution in [1.82, 2.24) is 0 Å². The molecule has 0 aliphatic rings. The molecule has 78 valence electrons. The van der Waals surface area contributed by atoms with Crippen LogP contribution < -0.4 is 10.5 Å². The normalized spacial score (nSPS) is 14.9. The number of aryl methyl sites for hydroxylation is 1. The predicted molar refractivity (Wildman–Crippen MR) is 56.4 cm³/mol. The molecule has 3 nitrogen and oxygen atoms in total. The van der Waals surface area contributed by atoms with E-state index in [1.165, 1.54) is 0 Å². The van der Waals surface area contributed by atoms with Crippen molar-refractivity contribution in [2.24, 2.45) is 5.73 Å². The Morgan fingerprint density at radius 2 is 2.14 bits per heavy atom. The van der Waals surface area contributed by atoms with Crippen LogP contribution >= 0.6 is 0 Å². The van der Waals surface area contributed by atoms with Gasteiger partial charge in [-0.05, 0) is 25.5 Å². The van der Waals surface area contributed by atoms with Gasteiger partial charge in [-0.1, -0.05) is 12.1 Å². The minimum atomic E-state index is -0.751. The van der Waals surface area contributed by atoms with Crippen molar-refractivity contribution in [2.75, 3.05) is 13.7 Å². The van der Waals surface area contributed by atoms with E-state index in [0.29, 0.717) is 0 Å². The summed E-state index contributed by atoms with van der Waals surface area (Å²) in [7, 11) is 1.60. The molecule has 0 spiro atoms. The van der Waals surface area contributed by atoms with Crippen LogP contribution in [0, 0.1) is 6.92 Å². The third kappa shape index (κ3) is 2.05. The van der Waals surface area contributed by atoms with E-state index in [-0.39, 0.29) is 6.61 Å². The molecule has 0 bridgehead atoms. The van der Waals surface area contributed by atoms with Crippen LogP contribution in [0.3, 0.4) is 0 Å². The lowest BCUT2D eigenvalue weighted by molar-refractivity contribution is 0.206. The summed E-state index contributed by atoms with van der Waals surface area (Å²) in [5.74, 6) is 0.726. The van der Waals surface area contributed by atoms with Crippen LogP contribution in [0.1, 0.15) is 18.1 Å². The average molecular weight is 195 g/mol. The lowest BCUT2D eigenvalue weighted by atomic mass is 9.92. The van der Waals surface area contributed by atoms with Crippen molar-refractivity contribution >= 4 is 0 Å². The lowest BCUT2D eigenvalue weighted by Gasteiger charge is -2.24. The first-order valence-corrected chi connectivity index (χ1v) is 4.56.